The smallest absolute Gasteiger partial charge is 0.313 e. The van der Waals surface area contributed by atoms with Crippen molar-refractivity contribution in [2.75, 3.05) is 12.8 Å². The molecule has 16 heavy (non-hydrogen) atoms. The molecule has 4 heteroatoms. The molecule has 3 nitrogen and oxygen atoms in total. The van der Waals surface area contributed by atoms with E-state index >= 15 is 0 Å². The first-order chi connectivity index (χ1) is 7.47. The van der Waals surface area contributed by atoms with Gasteiger partial charge in [0, 0.05) is 10.6 Å². The number of benzene rings is 1. The molecular weight excluding hydrogens is 222 g/mol. The quantitative estimate of drug-likeness (QED) is 0.484. The van der Waals surface area contributed by atoms with Crippen molar-refractivity contribution < 1.29 is 9.53 Å². The van der Waals surface area contributed by atoms with Gasteiger partial charge >= 0.3 is 5.97 Å². The van der Waals surface area contributed by atoms with Crippen LogP contribution in [0, 0.1) is 5.92 Å². The zero-order valence-electron chi connectivity index (χ0n) is 9.73. The second-order valence-electron chi connectivity index (χ2n) is 4.06. The third-order valence-corrected chi connectivity index (χ3v) is 2.92. The molecule has 0 heterocycles. The van der Waals surface area contributed by atoms with Crippen LogP contribution in [0.25, 0.3) is 0 Å². The first-order valence-corrected chi connectivity index (χ1v) is 5.58. The maximum absolute atomic E-state index is 11.7. The summed E-state index contributed by atoms with van der Waals surface area (Å²) in [5.41, 5.74) is 7.18. The van der Waals surface area contributed by atoms with E-state index in [9.17, 15) is 4.79 Å². The number of methoxy groups -OCH3 is 1. The van der Waals surface area contributed by atoms with Crippen molar-refractivity contribution in [2.24, 2.45) is 5.92 Å². The van der Waals surface area contributed by atoms with Gasteiger partial charge in [0.15, 0.2) is 0 Å². The molecule has 0 amide bonds. The predicted octanol–water partition coefficient (Wildman–Crippen LogP) is 2.47. The fraction of sp³-hybridized carbons (Fsp3) is 0.417. The number of carbonyl (C=O) groups excluding carboxylic acids is 1. The van der Waals surface area contributed by atoms with Crippen LogP contribution in [-0.4, -0.2) is 13.1 Å². The average molecular weight is 239 g/mol. The number of carbonyl (C=O) groups is 1. The third-order valence-electron chi connectivity index (χ3n) is 2.54. The molecule has 0 spiro atoms. The molecule has 1 unspecified atom stereocenters. The van der Waals surface area contributed by atoms with Crippen LogP contribution in [0.5, 0.6) is 0 Å². The van der Waals surface area contributed by atoms with E-state index in [2.05, 4.69) is 12.6 Å². The molecule has 1 rings (SSSR count). The second kappa shape index (κ2) is 5.25. The Kier molecular flexibility index (Phi) is 4.24. The predicted molar refractivity (Wildman–Crippen MR) is 67.7 cm³/mol. The van der Waals surface area contributed by atoms with Crippen molar-refractivity contribution in [1.82, 2.24) is 0 Å². The summed E-state index contributed by atoms with van der Waals surface area (Å²) in [4.78, 5) is 12.4. The van der Waals surface area contributed by atoms with E-state index in [4.69, 9.17) is 10.5 Å². The summed E-state index contributed by atoms with van der Waals surface area (Å²) in [5.74, 6) is -0.326. The van der Waals surface area contributed by atoms with Gasteiger partial charge in [-0.05, 0) is 23.6 Å². The van der Waals surface area contributed by atoms with E-state index in [1.807, 2.05) is 26.0 Å². The summed E-state index contributed by atoms with van der Waals surface area (Å²) in [6.45, 7) is 3.96. The number of nitrogen functional groups attached to an aromatic ring is 1. The number of nitrogens with two attached hydrogens (primary N) is 1. The largest absolute Gasteiger partial charge is 0.469 e. The van der Waals surface area contributed by atoms with Crippen LogP contribution in [0.1, 0.15) is 25.3 Å². The molecule has 0 radical (unpaired) electrons. The van der Waals surface area contributed by atoms with Gasteiger partial charge in [0.25, 0.3) is 0 Å². The van der Waals surface area contributed by atoms with Crippen molar-refractivity contribution in [3.05, 3.63) is 23.8 Å². The topological polar surface area (TPSA) is 52.3 Å². The molecule has 2 N–H and O–H groups in total. The third kappa shape index (κ3) is 2.70. The lowest BCUT2D eigenvalue weighted by atomic mass is 9.88. The highest BCUT2D eigenvalue weighted by atomic mass is 32.1. The molecule has 1 atom stereocenters. The second-order valence-corrected chi connectivity index (χ2v) is 4.54. The Morgan fingerprint density at radius 3 is 2.50 bits per heavy atom. The molecule has 88 valence electrons. The van der Waals surface area contributed by atoms with Gasteiger partial charge in [-0.1, -0.05) is 19.9 Å². The highest BCUT2D eigenvalue weighted by molar-refractivity contribution is 7.80. The Morgan fingerprint density at radius 2 is 2.06 bits per heavy atom. The molecule has 0 aliphatic rings. The number of ether oxygens (including phenoxy) is 1. The Balaban J connectivity index is 3.11. The van der Waals surface area contributed by atoms with E-state index in [1.54, 1.807) is 6.07 Å². The van der Waals surface area contributed by atoms with Crippen LogP contribution in [0.4, 0.5) is 5.69 Å². The van der Waals surface area contributed by atoms with Crippen molar-refractivity contribution in [2.45, 2.75) is 24.7 Å². The molecule has 1 aromatic carbocycles. The van der Waals surface area contributed by atoms with Crippen molar-refractivity contribution >= 4 is 24.3 Å². The van der Waals surface area contributed by atoms with Crippen LogP contribution >= 0.6 is 12.6 Å². The van der Waals surface area contributed by atoms with Gasteiger partial charge in [-0.2, -0.15) is 0 Å². The minimum Gasteiger partial charge on any atom is -0.469 e. The molecule has 0 aliphatic carbocycles. The van der Waals surface area contributed by atoms with E-state index in [1.165, 1.54) is 7.11 Å². The number of thiol groups is 1. The fourth-order valence-corrected chi connectivity index (χ4v) is 1.90. The molecule has 0 saturated heterocycles. The van der Waals surface area contributed by atoms with Crippen LogP contribution in [0.3, 0.4) is 0 Å². The maximum Gasteiger partial charge on any atom is 0.313 e. The van der Waals surface area contributed by atoms with Gasteiger partial charge < -0.3 is 10.5 Å². The van der Waals surface area contributed by atoms with E-state index < -0.39 is 0 Å². The van der Waals surface area contributed by atoms with Crippen LogP contribution in [0.15, 0.2) is 23.1 Å². The van der Waals surface area contributed by atoms with Gasteiger partial charge in [-0.15, -0.1) is 12.6 Å². The van der Waals surface area contributed by atoms with Crippen molar-refractivity contribution in [3.8, 4) is 0 Å². The maximum atomic E-state index is 11.7. The molecule has 0 aromatic heterocycles. The Labute approximate surface area is 101 Å². The molecular formula is C12H17NO2S. The lowest BCUT2D eigenvalue weighted by Crippen LogP contribution is -2.19. The highest BCUT2D eigenvalue weighted by Crippen LogP contribution is 2.29. The van der Waals surface area contributed by atoms with Crippen LogP contribution < -0.4 is 5.73 Å². The van der Waals surface area contributed by atoms with E-state index in [-0.39, 0.29) is 17.8 Å². The Hall–Kier alpha value is -1.16. The summed E-state index contributed by atoms with van der Waals surface area (Å²) >= 11 is 4.25. The molecule has 0 fully saturated rings. The van der Waals surface area contributed by atoms with E-state index in [0.29, 0.717) is 10.6 Å². The zero-order valence-corrected chi connectivity index (χ0v) is 10.6. The normalized spacial score (nSPS) is 12.6. The minimum absolute atomic E-state index is 0.170. The van der Waals surface area contributed by atoms with Gasteiger partial charge in [0.1, 0.15) is 0 Å². The van der Waals surface area contributed by atoms with Crippen LogP contribution in [-0.2, 0) is 9.53 Å². The van der Waals surface area contributed by atoms with Gasteiger partial charge in [0.05, 0.1) is 13.0 Å². The van der Waals surface area contributed by atoms with Gasteiger partial charge in [-0.3, -0.25) is 4.79 Å². The lowest BCUT2D eigenvalue weighted by Gasteiger charge is -2.19. The lowest BCUT2D eigenvalue weighted by molar-refractivity contribution is -0.143. The number of hydrogen-bond acceptors (Lipinski definition) is 4. The number of hydrogen-bond donors (Lipinski definition) is 2. The molecule has 1 aromatic rings. The standard InChI is InChI=1S/C12H17NO2S/c1-7(2)11(12(14)15-3)8-4-5-9(13)10(16)6-8/h4-7,11,16H,13H2,1-3H3. The van der Waals surface area contributed by atoms with Gasteiger partial charge in [0.2, 0.25) is 0 Å². The Bertz CT molecular complexity index is 391. The van der Waals surface area contributed by atoms with E-state index in [0.717, 1.165) is 5.56 Å². The summed E-state index contributed by atoms with van der Waals surface area (Å²) in [7, 11) is 1.40. The fourth-order valence-electron chi connectivity index (χ4n) is 1.67. The summed E-state index contributed by atoms with van der Waals surface area (Å²) < 4.78 is 4.80. The number of rotatable bonds is 3. The monoisotopic (exact) mass is 239 g/mol. The number of anilines is 1. The SMILES string of the molecule is COC(=O)C(c1ccc(N)c(S)c1)C(C)C. The summed E-state index contributed by atoms with van der Waals surface area (Å²) in [5, 5.41) is 0. The summed E-state index contributed by atoms with van der Waals surface area (Å²) in [6.07, 6.45) is 0. The highest BCUT2D eigenvalue weighted by Gasteiger charge is 2.25. The number of esters is 1. The first kappa shape index (κ1) is 12.9. The molecule has 0 bridgehead atoms. The van der Waals surface area contributed by atoms with Crippen LogP contribution in [0.2, 0.25) is 0 Å². The summed E-state index contributed by atoms with van der Waals surface area (Å²) in [6, 6.07) is 5.42. The molecule has 0 saturated carbocycles. The minimum atomic E-state index is -0.267. The Morgan fingerprint density at radius 1 is 1.44 bits per heavy atom. The molecule has 0 aliphatic heterocycles. The zero-order chi connectivity index (χ0) is 12.3. The van der Waals surface area contributed by atoms with Gasteiger partial charge in [-0.25, -0.2) is 0 Å². The first-order valence-electron chi connectivity index (χ1n) is 5.13. The average Bonchev–Trinajstić information content (AvgIpc) is 2.22. The van der Waals surface area contributed by atoms with Crippen molar-refractivity contribution in [1.29, 1.82) is 0 Å². The van der Waals surface area contributed by atoms with Crippen molar-refractivity contribution in [3.63, 3.8) is 0 Å².